The number of carbonyl (C=O) groups excluding carboxylic acids is 1. The standard InChI is InChI=1S/C18H17ClN2O3S/c1-23-16-8-7-12(9-17(16)24-2)15-11-25-18(22)21(20-15)10-13-5-3-4-6-14(13)19/h3-9H,10-11H2,1-2H3. The molecule has 25 heavy (non-hydrogen) atoms. The van der Waals surface area contributed by atoms with Gasteiger partial charge >= 0.3 is 5.24 Å². The molecular formula is C18H17ClN2O3S. The number of benzene rings is 2. The predicted octanol–water partition coefficient (Wildman–Crippen LogP) is 4.43. The van der Waals surface area contributed by atoms with Crippen molar-refractivity contribution in [1.82, 2.24) is 5.01 Å². The van der Waals surface area contributed by atoms with Gasteiger partial charge in [-0.25, -0.2) is 5.01 Å². The van der Waals surface area contributed by atoms with Gasteiger partial charge < -0.3 is 9.47 Å². The Morgan fingerprint density at radius 1 is 1.16 bits per heavy atom. The van der Waals surface area contributed by atoms with Crippen LogP contribution in [0.25, 0.3) is 0 Å². The molecule has 2 aromatic rings. The van der Waals surface area contributed by atoms with E-state index >= 15 is 0 Å². The molecule has 0 aromatic heterocycles. The van der Waals surface area contributed by atoms with Crippen LogP contribution in [0.15, 0.2) is 47.6 Å². The molecule has 0 unspecified atom stereocenters. The summed E-state index contributed by atoms with van der Waals surface area (Å²) in [6.45, 7) is 0.336. The average Bonchev–Trinajstić information content (AvgIpc) is 2.64. The van der Waals surface area contributed by atoms with E-state index < -0.39 is 0 Å². The number of hydrazone groups is 1. The molecule has 0 atom stereocenters. The van der Waals surface area contributed by atoms with Crippen LogP contribution in [0.4, 0.5) is 4.79 Å². The van der Waals surface area contributed by atoms with Gasteiger partial charge in [0.2, 0.25) is 0 Å². The van der Waals surface area contributed by atoms with E-state index in [-0.39, 0.29) is 5.24 Å². The Morgan fingerprint density at radius 3 is 2.64 bits per heavy atom. The number of rotatable bonds is 5. The van der Waals surface area contributed by atoms with Crippen LogP contribution in [0.5, 0.6) is 11.5 Å². The van der Waals surface area contributed by atoms with Crippen molar-refractivity contribution >= 4 is 34.3 Å². The summed E-state index contributed by atoms with van der Waals surface area (Å²) in [6.07, 6.45) is 0. The number of nitrogens with zero attached hydrogens (tertiary/aromatic N) is 2. The van der Waals surface area contributed by atoms with E-state index in [0.29, 0.717) is 28.8 Å². The lowest BCUT2D eigenvalue weighted by molar-refractivity contribution is 0.222. The van der Waals surface area contributed by atoms with Crippen LogP contribution in [0.1, 0.15) is 11.1 Å². The number of ether oxygens (including phenoxy) is 2. The molecule has 0 saturated heterocycles. The van der Waals surface area contributed by atoms with Crippen LogP contribution in [0, 0.1) is 0 Å². The molecule has 1 aliphatic rings. The van der Waals surface area contributed by atoms with Crippen LogP contribution >= 0.6 is 23.4 Å². The third-order valence-corrected chi connectivity index (χ3v) is 5.02. The topological polar surface area (TPSA) is 51.1 Å². The van der Waals surface area contributed by atoms with Crippen molar-refractivity contribution in [2.75, 3.05) is 20.0 Å². The second-order valence-electron chi connectivity index (χ2n) is 5.32. The highest BCUT2D eigenvalue weighted by Gasteiger charge is 2.23. The van der Waals surface area contributed by atoms with Crippen molar-refractivity contribution in [3.8, 4) is 11.5 Å². The van der Waals surface area contributed by atoms with Gasteiger partial charge in [0.25, 0.3) is 0 Å². The van der Waals surface area contributed by atoms with Crippen molar-refractivity contribution < 1.29 is 14.3 Å². The van der Waals surface area contributed by atoms with Crippen LogP contribution in [-0.4, -0.2) is 35.9 Å². The van der Waals surface area contributed by atoms with E-state index in [9.17, 15) is 4.79 Å². The van der Waals surface area contributed by atoms with Gasteiger partial charge in [-0.3, -0.25) is 4.79 Å². The number of amides is 1. The molecule has 7 heteroatoms. The number of halogens is 1. The molecule has 1 aliphatic heterocycles. The molecule has 0 saturated carbocycles. The summed E-state index contributed by atoms with van der Waals surface area (Å²) in [5, 5.41) is 6.50. The molecule has 2 aromatic carbocycles. The quantitative estimate of drug-likeness (QED) is 0.774. The largest absolute Gasteiger partial charge is 0.493 e. The van der Waals surface area contributed by atoms with Gasteiger partial charge in [0, 0.05) is 16.3 Å². The zero-order valence-electron chi connectivity index (χ0n) is 13.9. The average molecular weight is 377 g/mol. The normalized spacial score (nSPS) is 14.3. The molecule has 1 heterocycles. The van der Waals surface area contributed by atoms with E-state index in [1.54, 1.807) is 20.3 Å². The third-order valence-electron chi connectivity index (χ3n) is 3.78. The Kier molecular flexibility index (Phi) is 5.50. The number of methoxy groups -OCH3 is 2. The first-order valence-corrected chi connectivity index (χ1v) is 8.96. The second-order valence-corrected chi connectivity index (χ2v) is 6.65. The number of hydrogen-bond acceptors (Lipinski definition) is 5. The van der Waals surface area contributed by atoms with E-state index in [1.165, 1.54) is 16.8 Å². The lowest BCUT2D eigenvalue weighted by Gasteiger charge is -2.23. The highest BCUT2D eigenvalue weighted by molar-refractivity contribution is 8.14. The molecule has 0 N–H and O–H groups in total. The highest BCUT2D eigenvalue weighted by atomic mass is 35.5. The van der Waals surface area contributed by atoms with Gasteiger partial charge in [-0.2, -0.15) is 5.10 Å². The molecule has 0 aliphatic carbocycles. The summed E-state index contributed by atoms with van der Waals surface area (Å²) in [5.41, 5.74) is 2.55. The monoisotopic (exact) mass is 376 g/mol. The molecule has 3 rings (SSSR count). The summed E-state index contributed by atoms with van der Waals surface area (Å²) < 4.78 is 10.6. The van der Waals surface area contributed by atoms with Gasteiger partial charge in [0.1, 0.15) is 0 Å². The van der Waals surface area contributed by atoms with Crippen molar-refractivity contribution in [2.24, 2.45) is 5.10 Å². The summed E-state index contributed by atoms with van der Waals surface area (Å²) in [5.74, 6) is 1.79. The van der Waals surface area contributed by atoms with Crippen LogP contribution in [0.3, 0.4) is 0 Å². The maximum atomic E-state index is 12.2. The maximum absolute atomic E-state index is 12.2. The fraction of sp³-hybridized carbons (Fsp3) is 0.222. The maximum Gasteiger partial charge on any atom is 0.302 e. The first-order chi connectivity index (χ1) is 12.1. The first kappa shape index (κ1) is 17.6. The molecular weight excluding hydrogens is 360 g/mol. The Morgan fingerprint density at radius 2 is 1.92 bits per heavy atom. The Labute approximate surface area is 155 Å². The summed E-state index contributed by atoms with van der Waals surface area (Å²) in [7, 11) is 3.18. The summed E-state index contributed by atoms with van der Waals surface area (Å²) in [6, 6.07) is 13.0. The molecule has 0 spiro atoms. The molecule has 0 bridgehead atoms. The first-order valence-electron chi connectivity index (χ1n) is 7.60. The Balaban J connectivity index is 1.89. The zero-order chi connectivity index (χ0) is 17.8. The fourth-order valence-corrected chi connectivity index (χ4v) is 3.40. The van der Waals surface area contributed by atoms with Gasteiger partial charge in [-0.05, 0) is 29.8 Å². The van der Waals surface area contributed by atoms with Gasteiger partial charge in [-0.1, -0.05) is 41.6 Å². The van der Waals surface area contributed by atoms with Crippen molar-refractivity contribution in [3.05, 3.63) is 58.6 Å². The van der Waals surface area contributed by atoms with Crippen LogP contribution < -0.4 is 9.47 Å². The lowest BCUT2D eigenvalue weighted by atomic mass is 10.1. The van der Waals surface area contributed by atoms with Gasteiger partial charge in [-0.15, -0.1) is 0 Å². The molecule has 5 nitrogen and oxygen atoms in total. The minimum absolute atomic E-state index is 0.0934. The van der Waals surface area contributed by atoms with Crippen molar-refractivity contribution in [1.29, 1.82) is 0 Å². The highest BCUT2D eigenvalue weighted by Crippen LogP contribution is 2.30. The number of hydrogen-bond donors (Lipinski definition) is 0. The molecule has 0 radical (unpaired) electrons. The van der Waals surface area contributed by atoms with Crippen molar-refractivity contribution in [3.63, 3.8) is 0 Å². The zero-order valence-corrected chi connectivity index (χ0v) is 15.4. The van der Waals surface area contributed by atoms with Gasteiger partial charge in [0.15, 0.2) is 11.5 Å². The van der Waals surface area contributed by atoms with E-state index in [0.717, 1.165) is 16.8 Å². The molecule has 1 amide bonds. The number of thioether (sulfide) groups is 1. The molecule has 130 valence electrons. The summed E-state index contributed by atoms with van der Waals surface area (Å²) in [4.78, 5) is 12.2. The minimum atomic E-state index is -0.0934. The minimum Gasteiger partial charge on any atom is -0.493 e. The van der Waals surface area contributed by atoms with Crippen LogP contribution in [-0.2, 0) is 6.54 Å². The van der Waals surface area contributed by atoms with Gasteiger partial charge in [0.05, 0.1) is 26.5 Å². The van der Waals surface area contributed by atoms with E-state index in [1.807, 2.05) is 36.4 Å². The van der Waals surface area contributed by atoms with E-state index in [4.69, 9.17) is 21.1 Å². The third kappa shape index (κ3) is 3.91. The van der Waals surface area contributed by atoms with Crippen molar-refractivity contribution in [2.45, 2.75) is 6.54 Å². The Bertz CT molecular complexity index is 826. The SMILES string of the molecule is COc1ccc(C2=NN(Cc3ccccc3Cl)C(=O)SC2)cc1OC. The Hall–Kier alpha value is -2.18. The van der Waals surface area contributed by atoms with Crippen LogP contribution in [0.2, 0.25) is 5.02 Å². The fourth-order valence-electron chi connectivity index (χ4n) is 2.46. The lowest BCUT2D eigenvalue weighted by Crippen LogP contribution is -2.29. The predicted molar refractivity (Wildman–Crippen MR) is 101 cm³/mol. The summed E-state index contributed by atoms with van der Waals surface area (Å²) >= 11 is 7.41. The smallest absolute Gasteiger partial charge is 0.302 e. The molecule has 0 fully saturated rings. The second kappa shape index (κ2) is 7.80. The number of carbonyl (C=O) groups is 1. The van der Waals surface area contributed by atoms with E-state index in [2.05, 4.69) is 5.10 Å².